The van der Waals surface area contributed by atoms with Crippen LogP contribution in [0.2, 0.25) is 0 Å². The van der Waals surface area contributed by atoms with E-state index in [4.69, 9.17) is 0 Å². The first-order valence-electron chi connectivity index (χ1n) is 8.90. The maximum Gasteiger partial charge on any atom is 0.330 e. The lowest BCUT2D eigenvalue weighted by molar-refractivity contribution is -0.143. The van der Waals surface area contributed by atoms with Crippen molar-refractivity contribution in [2.45, 2.75) is 18.9 Å². The fraction of sp³-hybridized carbons (Fsp3) is 0.227. The molecule has 0 saturated carbocycles. The fourth-order valence-electron chi connectivity index (χ4n) is 3.39. The summed E-state index contributed by atoms with van der Waals surface area (Å²) >= 11 is 0. The number of carboxylic acid groups (broad SMARTS) is 1. The largest absolute Gasteiger partial charge is 0.479 e. The van der Waals surface area contributed by atoms with E-state index in [0.29, 0.717) is 24.0 Å². The van der Waals surface area contributed by atoms with Crippen molar-refractivity contribution in [3.63, 3.8) is 0 Å². The number of carboxylic acids is 1. The van der Waals surface area contributed by atoms with Crippen LogP contribution in [0.25, 0.3) is 0 Å². The second-order valence-corrected chi connectivity index (χ2v) is 6.58. The van der Waals surface area contributed by atoms with Crippen LogP contribution in [0.4, 0.5) is 0 Å². The molecule has 2 aromatic carbocycles. The Morgan fingerprint density at radius 3 is 2.00 bits per heavy atom. The molecule has 0 saturated heterocycles. The zero-order valence-corrected chi connectivity index (χ0v) is 14.7. The zero-order valence-electron chi connectivity index (χ0n) is 14.7. The average Bonchev–Trinajstić information content (AvgIpc) is 2.72. The van der Waals surface area contributed by atoms with Crippen LogP contribution in [-0.2, 0) is 9.59 Å². The molecule has 0 unspecified atom stereocenters. The Morgan fingerprint density at radius 1 is 0.852 bits per heavy atom. The average molecular weight is 363 g/mol. The van der Waals surface area contributed by atoms with Gasteiger partial charge in [-0.3, -0.25) is 9.59 Å². The molecule has 0 bridgehead atoms. The highest BCUT2D eigenvalue weighted by molar-refractivity contribution is 6.01. The molecule has 5 heteroatoms. The monoisotopic (exact) mass is 363 g/mol. The summed E-state index contributed by atoms with van der Waals surface area (Å²) in [5, 5.41) is 12.1. The number of nitrogens with one attached hydrogen (secondary N) is 1. The Bertz CT molecular complexity index is 845. The maximum absolute atomic E-state index is 12.9. The van der Waals surface area contributed by atoms with Crippen LogP contribution in [0.15, 0.2) is 72.8 Å². The summed E-state index contributed by atoms with van der Waals surface area (Å²) in [6.07, 6.45) is 4.66. The van der Waals surface area contributed by atoms with Gasteiger partial charge in [-0.15, -0.1) is 0 Å². The first-order chi connectivity index (χ1) is 13.1. The summed E-state index contributed by atoms with van der Waals surface area (Å²) in [4.78, 5) is 37.4. The summed E-state index contributed by atoms with van der Waals surface area (Å²) in [6.45, 7) is 0. The number of hydrogen-bond acceptors (Lipinski definition) is 3. The molecule has 1 aliphatic carbocycles. The third-order valence-corrected chi connectivity index (χ3v) is 4.83. The normalized spacial score (nSPS) is 19.9. The molecule has 3 rings (SSSR count). The molecule has 0 aliphatic heterocycles. The molecule has 0 heterocycles. The number of ketones is 1. The van der Waals surface area contributed by atoms with Crippen molar-refractivity contribution in [2.24, 2.45) is 11.8 Å². The summed E-state index contributed by atoms with van der Waals surface area (Å²) in [5.41, 5.74) is 1.06. The first-order valence-corrected chi connectivity index (χ1v) is 8.90. The minimum absolute atomic E-state index is 0.0910. The summed E-state index contributed by atoms with van der Waals surface area (Å²) in [6, 6.07) is 16.3. The van der Waals surface area contributed by atoms with E-state index < -0.39 is 29.8 Å². The van der Waals surface area contributed by atoms with Crippen molar-refractivity contribution >= 4 is 17.7 Å². The molecule has 138 valence electrons. The van der Waals surface area contributed by atoms with Gasteiger partial charge in [0.05, 0.1) is 5.92 Å². The molecule has 0 fully saturated rings. The topological polar surface area (TPSA) is 83.5 Å². The van der Waals surface area contributed by atoms with Crippen molar-refractivity contribution in [3.8, 4) is 0 Å². The van der Waals surface area contributed by atoms with Gasteiger partial charge in [0, 0.05) is 11.5 Å². The Labute approximate surface area is 157 Å². The Balaban J connectivity index is 1.80. The first kappa shape index (κ1) is 18.6. The van der Waals surface area contributed by atoms with Gasteiger partial charge in [-0.05, 0) is 18.4 Å². The molecule has 2 aromatic rings. The molecule has 2 N–H and O–H groups in total. The molecule has 27 heavy (non-hydrogen) atoms. The minimum Gasteiger partial charge on any atom is -0.479 e. The molecule has 1 amide bonds. The number of carbonyl (C=O) groups is 3. The molecule has 1 aliphatic rings. The van der Waals surface area contributed by atoms with E-state index in [2.05, 4.69) is 5.32 Å². The predicted molar refractivity (Wildman–Crippen MR) is 101 cm³/mol. The van der Waals surface area contributed by atoms with Crippen molar-refractivity contribution < 1.29 is 19.5 Å². The highest BCUT2D eigenvalue weighted by Crippen LogP contribution is 2.30. The molecule has 5 nitrogen and oxygen atoms in total. The highest BCUT2D eigenvalue weighted by atomic mass is 16.4. The van der Waals surface area contributed by atoms with E-state index in [1.807, 2.05) is 18.2 Å². The molecule has 0 aromatic heterocycles. The van der Waals surface area contributed by atoms with Gasteiger partial charge in [0.1, 0.15) is 0 Å². The van der Waals surface area contributed by atoms with Crippen molar-refractivity contribution in [1.29, 1.82) is 0 Å². The molecule has 0 spiro atoms. The third kappa shape index (κ3) is 4.31. The number of benzene rings is 2. The van der Waals surface area contributed by atoms with Crippen molar-refractivity contribution in [3.05, 3.63) is 83.9 Å². The van der Waals surface area contributed by atoms with Crippen LogP contribution in [0.1, 0.15) is 34.8 Å². The van der Waals surface area contributed by atoms with E-state index >= 15 is 0 Å². The van der Waals surface area contributed by atoms with E-state index in [1.54, 1.807) is 54.6 Å². The summed E-state index contributed by atoms with van der Waals surface area (Å²) in [7, 11) is 0. The second-order valence-electron chi connectivity index (χ2n) is 6.58. The van der Waals surface area contributed by atoms with Crippen LogP contribution in [-0.4, -0.2) is 22.8 Å². The smallest absolute Gasteiger partial charge is 0.330 e. The fourth-order valence-corrected chi connectivity index (χ4v) is 3.39. The number of aliphatic carboxylic acids is 1. The number of amides is 1. The van der Waals surface area contributed by atoms with Crippen LogP contribution >= 0.6 is 0 Å². The van der Waals surface area contributed by atoms with Crippen LogP contribution < -0.4 is 5.32 Å². The molecule has 3 atom stereocenters. The summed E-state index contributed by atoms with van der Waals surface area (Å²) in [5.74, 6) is -2.72. The molecular formula is C22H21NO4. The van der Waals surface area contributed by atoms with Gasteiger partial charge in [-0.2, -0.15) is 0 Å². The van der Waals surface area contributed by atoms with E-state index in [-0.39, 0.29) is 5.78 Å². The van der Waals surface area contributed by atoms with Crippen LogP contribution in [0.3, 0.4) is 0 Å². The summed E-state index contributed by atoms with van der Waals surface area (Å²) < 4.78 is 0. The van der Waals surface area contributed by atoms with Gasteiger partial charge < -0.3 is 10.4 Å². The molecular weight excluding hydrogens is 342 g/mol. The van der Waals surface area contributed by atoms with Gasteiger partial charge in [-0.1, -0.05) is 72.8 Å². The van der Waals surface area contributed by atoms with Gasteiger partial charge in [-0.25, -0.2) is 4.79 Å². The van der Waals surface area contributed by atoms with E-state index in [1.165, 1.54) is 0 Å². The van der Waals surface area contributed by atoms with Gasteiger partial charge in [0.25, 0.3) is 0 Å². The Hall–Kier alpha value is -3.21. The minimum atomic E-state index is -1.14. The number of allylic oxidation sites excluding steroid dienone is 2. The highest BCUT2D eigenvalue weighted by Gasteiger charge is 2.36. The van der Waals surface area contributed by atoms with Crippen molar-refractivity contribution in [1.82, 2.24) is 5.32 Å². The zero-order chi connectivity index (χ0) is 19.2. The standard InChI is InChI=1S/C22H21NO4/c24-20(16-11-5-2-6-12-16)17-13-7-8-14-18(17)21(25)23-19(22(26)27)15-9-3-1-4-10-15/h1-12,17-19H,13-14H2,(H,23,25)(H,26,27)/t17-,18-,19-/m0/s1. The van der Waals surface area contributed by atoms with E-state index in [0.717, 1.165) is 0 Å². The van der Waals surface area contributed by atoms with Gasteiger partial charge in [0.15, 0.2) is 11.8 Å². The third-order valence-electron chi connectivity index (χ3n) is 4.83. The Morgan fingerprint density at radius 2 is 1.41 bits per heavy atom. The molecule has 0 radical (unpaired) electrons. The Kier molecular flexibility index (Phi) is 5.81. The van der Waals surface area contributed by atoms with Gasteiger partial charge in [0.2, 0.25) is 5.91 Å². The number of carbonyl (C=O) groups excluding carboxylic acids is 2. The number of hydrogen-bond donors (Lipinski definition) is 2. The predicted octanol–water partition coefficient (Wildman–Crippen LogP) is 3.39. The van der Waals surface area contributed by atoms with Crippen LogP contribution in [0.5, 0.6) is 0 Å². The maximum atomic E-state index is 12.9. The number of rotatable bonds is 6. The van der Waals surface area contributed by atoms with E-state index in [9.17, 15) is 19.5 Å². The lowest BCUT2D eigenvalue weighted by Crippen LogP contribution is -2.42. The van der Waals surface area contributed by atoms with Crippen LogP contribution in [0, 0.1) is 11.8 Å². The lowest BCUT2D eigenvalue weighted by Gasteiger charge is -2.28. The second kappa shape index (κ2) is 8.45. The van der Waals surface area contributed by atoms with Gasteiger partial charge >= 0.3 is 5.97 Å². The lowest BCUT2D eigenvalue weighted by atomic mass is 9.77. The SMILES string of the molecule is O=C(O)[C@@H](NC(=O)[C@H]1CC=CC[C@@H]1C(=O)c1ccccc1)c1ccccc1. The number of Topliss-reactive ketones (excluding diaryl/α,β-unsaturated/α-hetero) is 1. The quantitative estimate of drug-likeness (QED) is 0.609. The van der Waals surface area contributed by atoms with Crippen molar-refractivity contribution in [2.75, 3.05) is 0 Å².